The number of hydrogen-bond donors (Lipinski definition) is 0. The molecule has 3 nitrogen and oxygen atoms in total. The van der Waals surface area contributed by atoms with Crippen molar-refractivity contribution in [3.63, 3.8) is 0 Å². The number of benzene rings is 1. The van der Waals surface area contributed by atoms with Crippen LogP contribution < -0.4 is 4.74 Å². The summed E-state index contributed by atoms with van der Waals surface area (Å²) in [5.41, 5.74) is 0.704. The number of nitrogens with zero attached hydrogens (tertiary/aromatic N) is 1. The summed E-state index contributed by atoms with van der Waals surface area (Å²) in [6.45, 7) is 0.831. The van der Waals surface area contributed by atoms with E-state index < -0.39 is 0 Å². The molecule has 0 saturated carbocycles. The van der Waals surface area contributed by atoms with Gasteiger partial charge in [-0.25, -0.2) is 0 Å². The van der Waals surface area contributed by atoms with Crippen molar-refractivity contribution in [2.75, 3.05) is 6.54 Å². The number of amides is 1. The summed E-state index contributed by atoms with van der Waals surface area (Å²) in [7, 11) is 0. The zero-order valence-electron chi connectivity index (χ0n) is 8.48. The summed E-state index contributed by atoms with van der Waals surface area (Å²) >= 11 is 0. The average molecular weight is 203 g/mol. The van der Waals surface area contributed by atoms with E-state index in [2.05, 4.69) is 0 Å². The summed E-state index contributed by atoms with van der Waals surface area (Å²) in [6.07, 6.45) is 3.17. The van der Waals surface area contributed by atoms with Crippen molar-refractivity contribution in [3.8, 4) is 5.75 Å². The van der Waals surface area contributed by atoms with E-state index in [4.69, 9.17) is 4.74 Å². The van der Waals surface area contributed by atoms with Gasteiger partial charge in [-0.3, -0.25) is 4.79 Å². The number of para-hydroxylation sites is 1. The fraction of sp³-hybridized carbons (Fsp3) is 0.417. The molecule has 15 heavy (non-hydrogen) atoms. The molecule has 0 aromatic heterocycles. The standard InChI is InChI=1S/C12H13NO2/c14-12-9-5-1-2-6-10(9)15-11-7-3-4-8-13(11)12/h1-2,5-6,11H,3-4,7-8H2. The van der Waals surface area contributed by atoms with Crippen LogP contribution in [0.1, 0.15) is 29.6 Å². The monoisotopic (exact) mass is 203 g/mol. The molecular weight excluding hydrogens is 190 g/mol. The van der Waals surface area contributed by atoms with E-state index >= 15 is 0 Å². The SMILES string of the molecule is O=C1c2ccccc2OC2CCCCN12. The van der Waals surface area contributed by atoms with Crippen LogP contribution in [0.5, 0.6) is 5.75 Å². The number of piperidine rings is 1. The van der Waals surface area contributed by atoms with Crippen molar-refractivity contribution in [2.45, 2.75) is 25.5 Å². The van der Waals surface area contributed by atoms with Gasteiger partial charge in [-0.05, 0) is 25.0 Å². The Hall–Kier alpha value is -1.51. The fourth-order valence-electron chi connectivity index (χ4n) is 2.30. The topological polar surface area (TPSA) is 29.5 Å². The average Bonchev–Trinajstić information content (AvgIpc) is 2.30. The molecule has 0 spiro atoms. The molecule has 1 aromatic rings. The molecule has 3 heteroatoms. The minimum Gasteiger partial charge on any atom is -0.470 e. The van der Waals surface area contributed by atoms with Crippen LogP contribution >= 0.6 is 0 Å². The maximum atomic E-state index is 12.1. The normalized spacial score (nSPS) is 24.1. The van der Waals surface area contributed by atoms with E-state index in [1.807, 2.05) is 29.2 Å². The number of hydrogen-bond acceptors (Lipinski definition) is 2. The van der Waals surface area contributed by atoms with E-state index in [-0.39, 0.29) is 12.1 Å². The van der Waals surface area contributed by atoms with Crippen molar-refractivity contribution in [2.24, 2.45) is 0 Å². The molecule has 1 unspecified atom stereocenters. The van der Waals surface area contributed by atoms with Gasteiger partial charge in [-0.15, -0.1) is 0 Å². The second-order valence-electron chi connectivity index (χ2n) is 4.06. The first-order chi connectivity index (χ1) is 7.36. The molecule has 2 heterocycles. The van der Waals surface area contributed by atoms with Gasteiger partial charge in [-0.2, -0.15) is 0 Å². The van der Waals surface area contributed by atoms with Crippen molar-refractivity contribution >= 4 is 5.91 Å². The lowest BCUT2D eigenvalue weighted by Gasteiger charge is -2.39. The lowest BCUT2D eigenvalue weighted by molar-refractivity contribution is -0.00830. The van der Waals surface area contributed by atoms with Gasteiger partial charge in [0.25, 0.3) is 5.91 Å². The van der Waals surface area contributed by atoms with Gasteiger partial charge >= 0.3 is 0 Å². The highest BCUT2D eigenvalue weighted by Crippen LogP contribution is 2.31. The van der Waals surface area contributed by atoms with Gasteiger partial charge < -0.3 is 9.64 Å². The van der Waals surface area contributed by atoms with Crippen LogP contribution in [0.15, 0.2) is 24.3 Å². The number of carbonyl (C=O) groups is 1. The summed E-state index contributed by atoms with van der Waals surface area (Å²) in [5, 5.41) is 0. The molecular formula is C12H13NO2. The third-order valence-electron chi connectivity index (χ3n) is 3.09. The summed E-state index contributed by atoms with van der Waals surface area (Å²) in [6, 6.07) is 7.50. The molecule has 1 atom stereocenters. The molecule has 1 aromatic carbocycles. The van der Waals surface area contributed by atoms with Crippen LogP contribution in [-0.2, 0) is 0 Å². The van der Waals surface area contributed by atoms with Crippen molar-refractivity contribution in [3.05, 3.63) is 29.8 Å². The number of fused-ring (bicyclic) bond motifs is 2. The van der Waals surface area contributed by atoms with Gasteiger partial charge in [0.15, 0.2) is 6.23 Å². The number of ether oxygens (including phenoxy) is 1. The van der Waals surface area contributed by atoms with Gasteiger partial charge in [0.05, 0.1) is 5.56 Å². The smallest absolute Gasteiger partial charge is 0.260 e. The summed E-state index contributed by atoms with van der Waals surface area (Å²) < 4.78 is 5.81. The van der Waals surface area contributed by atoms with Gasteiger partial charge in [0.2, 0.25) is 0 Å². The zero-order chi connectivity index (χ0) is 10.3. The Bertz CT molecular complexity index is 402. The molecule has 1 fully saturated rings. The Morgan fingerprint density at radius 1 is 1.27 bits per heavy atom. The van der Waals surface area contributed by atoms with Crippen molar-refractivity contribution in [1.29, 1.82) is 0 Å². The predicted molar refractivity (Wildman–Crippen MR) is 55.7 cm³/mol. The van der Waals surface area contributed by atoms with Crippen LogP contribution in [0.2, 0.25) is 0 Å². The highest BCUT2D eigenvalue weighted by molar-refractivity contribution is 5.98. The second kappa shape index (κ2) is 3.26. The van der Waals surface area contributed by atoms with E-state index in [0.717, 1.165) is 31.6 Å². The first-order valence-electron chi connectivity index (χ1n) is 5.43. The van der Waals surface area contributed by atoms with E-state index in [0.29, 0.717) is 5.56 Å². The van der Waals surface area contributed by atoms with Crippen molar-refractivity contribution in [1.82, 2.24) is 4.90 Å². The van der Waals surface area contributed by atoms with Gasteiger partial charge in [0.1, 0.15) is 5.75 Å². The van der Waals surface area contributed by atoms with E-state index in [1.165, 1.54) is 0 Å². The number of rotatable bonds is 0. The van der Waals surface area contributed by atoms with Crippen LogP contribution in [-0.4, -0.2) is 23.6 Å². The number of carbonyl (C=O) groups excluding carboxylic acids is 1. The summed E-state index contributed by atoms with van der Waals surface area (Å²) in [5.74, 6) is 0.868. The molecule has 2 aliphatic rings. The molecule has 1 saturated heterocycles. The molecule has 0 radical (unpaired) electrons. The van der Waals surface area contributed by atoms with Gasteiger partial charge in [-0.1, -0.05) is 12.1 Å². The Kier molecular flexibility index (Phi) is 1.91. The molecule has 0 aliphatic carbocycles. The minimum absolute atomic E-state index is 0.0267. The van der Waals surface area contributed by atoms with Crippen LogP contribution in [0, 0.1) is 0 Å². The zero-order valence-corrected chi connectivity index (χ0v) is 8.48. The first kappa shape index (κ1) is 8.77. The quantitative estimate of drug-likeness (QED) is 0.645. The molecule has 1 amide bonds. The van der Waals surface area contributed by atoms with E-state index in [9.17, 15) is 4.79 Å². The Balaban J connectivity index is 2.02. The van der Waals surface area contributed by atoms with Crippen LogP contribution in [0.4, 0.5) is 0 Å². The highest BCUT2D eigenvalue weighted by Gasteiger charge is 2.34. The Labute approximate surface area is 88.6 Å². The third-order valence-corrected chi connectivity index (χ3v) is 3.09. The molecule has 3 rings (SSSR count). The van der Waals surface area contributed by atoms with Crippen molar-refractivity contribution < 1.29 is 9.53 Å². The maximum absolute atomic E-state index is 12.1. The van der Waals surface area contributed by atoms with Crippen LogP contribution in [0.3, 0.4) is 0 Å². The molecule has 0 bridgehead atoms. The largest absolute Gasteiger partial charge is 0.470 e. The maximum Gasteiger partial charge on any atom is 0.260 e. The third kappa shape index (κ3) is 1.30. The van der Waals surface area contributed by atoms with Crippen LogP contribution in [0.25, 0.3) is 0 Å². The lowest BCUT2D eigenvalue weighted by atomic mass is 10.0. The minimum atomic E-state index is -0.0267. The Morgan fingerprint density at radius 3 is 3.07 bits per heavy atom. The van der Waals surface area contributed by atoms with E-state index in [1.54, 1.807) is 0 Å². The first-order valence-corrected chi connectivity index (χ1v) is 5.43. The molecule has 0 N–H and O–H groups in total. The molecule has 78 valence electrons. The fourth-order valence-corrected chi connectivity index (χ4v) is 2.30. The molecule has 2 aliphatic heterocycles. The highest BCUT2D eigenvalue weighted by atomic mass is 16.5. The summed E-state index contributed by atoms with van der Waals surface area (Å²) in [4.78, 5) is 13.9. The Morgan fingerprint density at radius 2 is 2.13 bits per heavy atom. The predicted octanol–water partition coefficient (Wildman–Crippen LogP) is 2.03. The second-order valence-corrected chi connectivity index (χ2v) is 4.06. The lowest BCUT2D eigenvalue weighted by Crippen LogP contribution is -2.49. The van der Waals surface area contributed by atoms with Gasteiger partial charge in [0, 0.05) is 13.0 Å².